The maximum Gasteiger partial charge on any atom is 0.139 e. The van der Waals surface area contributed by atoms with Crippen molar-refractivity contribution in [3.05, 3.63) is 23.2 Å². The van der Waals surface area contributed by atoms with Crippen molar-refractivity contribution in [3.63, 3.8) is 0 Å². The van der Waals surface area contributed by atoms with Gasteiger partial charge in [0.05, 0.1) is 12.8 Å². The average Bonchev–Trinajstić information content (AvgIpc) is 2.16. The highest BCUT2D eigenvalue weighted by molar-refractivity contribution is 5.30. The minimum Gasteiger partial charge on any atom is -0.495 e. The van der Waals surface area contributed by atoms with Crippen LogP contribution in [-0.2, 0) is 4.74 Å². The van der Waals surface area contributed by atoms with Crippen LogP contribution in [0.15, 0.2) is 23.2 Å². The van der Waals surface area contributed by atoms with Crippen molar-refractivity contribution in [3.8, 4) is 0 Å². The molecule has 0 aromatic rings. The van der Waals surface area contributed by atoms with Crippen molar-refractivity contribution in [1.29, 1.82) is 0 Å². The summed E-state index contributed by atoms with van der Waals surface area (Å²) in [6, 6.07) is 0. The first-order valence-corrected chi connectivity index (χ1v) is 5.17. The number of hydrogen-bond acceptors (Lipinski definition) is 3. The van der Waals surface area contributed by atoms with Crippen LogP contribution in [0, 0.1) is 5.92 Å². The summed E-state index contributed by atoms with van der Waals surface area (Å²) in [4.78, 5) is 2.30. The molecule has 1 fully saturated rings. The number of likely N-dealkylation sites (tertiary alicyclic amines) is 1. The Morgan fingerprint density at radius 1 is 1.57 bits per heavy atom. The van der Waals surface area contributed by atoms with E-state index in [1.165, 1.54) is 18.5 Å². The highest BCUT2D eigenvalue weighted by Gasteiger charge is 2.29. The number of rotatable bonds is 1. The summed E-state index contributed by atoms with van der Waals surface area (Å²) in [5, 5.41) is 0. The van der Waals surface area contributed by atoms with Crippen LogP contribution < -0.4 is 5.73 Å². The van der Waals surface area contributed by atoms with E-state index in [0.717, 1.165) is 24.4 Å². The van der Waals surface area contributed by atoms with E-state index in [0.29, 0.717) is 5.92 Å². The lowest BCUT2D eigenvalue weighted by Crippen LogP contribution is -2.34. The normalized spacial score (nSPS) is 27.1. The molecule has 0 saturated carbocycles. The van der Waals surface area contributed by atoms with Gasteiger partial charge in [-0.1, -0.05) is 0 Å². The fraction of sp³-hybridized carbons (Fsp3) is 0.636. The molecule has 1 aliphatic carbocycles. The van der Waals surface area contributed by atoms with Crippen molar-refractivity contribution in [2.75, 3.05) is 20.7 Å². The first-order valence-electron chi connectivity index (χ1n) is 5.17. The molecule has 0 spiro atoms. The summed E-state index contributed by atoms with van der Waals surface area (Å²) in [5.41, 5.74) is 8.17. The van der Waals surface area contributed by atoms with Crippen molar-refractivity contribution < 1.29 is 4.74 Å². The molecule has 3 heteroatoms. The number of allylic oxidation sites excluding steroid dienone is 3. The number of piperidine rings is 1. The number of nitrogens with zero attached hydrogens (tertiary/aromatic N) is 1. The van der Waals surface area contributed by atoms with Gasteiger partial charge in [-0.3, -0.25) is 0 Å². The van der Waals surface area contributed by atoms with Crippen LogP contribution in [0.5, 0.6) is 0 Å². The van der Waals surface area contributed by atoms with E-state index < -0.39 is 0 Å². The Morgan fingerprint density at radius 3 is 3.07 bits per heavy atom. The zero-order chi connectivity index (χ0) is 10.1. The van der Waals surface area contributed by atoms with Gasteiger partial charge in [-0.05, 0) is 19.3 Å². The number of hydrogen-bond donors (Lipinski definition) is 1. The van der Waals surface area contributed by atoms with E-state index >= 15 is 0 Å². The topological polar surface area (TPSA) is 38.5 Å². The minimum atomic E-state index is 0.577. The molecule has 78 valence electrons. The molecule has 1 aliphatic heterocycles. The van der Waals surface area contributed by atoms with E-state index in [2.05, 4.69) is 11.9 Å². The Balaban J connectivity index is 2.36. The van der Waals surface area contributed by atoms with Crippen molar-refractivity contribution in [2.45, 2.75) is 19.3 Å². The zero-order valence-electron chi connectivity index (χ0n) is 8.92. The summed E-state index contributed by atoms with van der Waals surface area (Å²) >= 11 is 0. The smallest absolute Gasteiger partial charge is 0.139 e. The van der Waals surface area contributed by atoms with Crippen LogP contribution in [-0.4, -0.2) is 25.6 Å². The summed E-state index contributed by atoms with van der Waals surface area (Å²) in [5.74, 6) is 1.54. The van der Waals surface area contributed by atoms with Gasteiger partial charge in [-0.15, -0.1) is 0 Å². The van der Waals surface area contributed by atoms with Gasteiger partial charge in [0.2, 0.25) is 0 Å². The second-order valence-corrected chi connectivity index (χ2v) is 4.14. The zero-order valence-corrected chi connectivity index (χ0v) is 8.92. The first kappa shape index (κ1) is 9.44. The molecule has 0 aromatic heterocycles. The Kier molecular flexibility index (Phi) is 2.40. The molecule has 0 bridgehead atoms. The lowest BCUT2D eigenvalue weighted by Gasteiger charge is -2.37. The van der Waals surface area contributed by atoms with Crippen molar-refractivity contribution in [2.24, 2.45) is 11.7 Å². The maximum atomic E-state index is 5.88. The number of nitrogens with two attached hydrogens (primary N) is 1. The summed E-state index contributed by atoms with van der Waals surface area (Å²) < 4.78 is 5.38. The van der Waals surface area contributed by atoms with Crippen LogP contribution >= 0.6 is 0 Å². The van der Waals surface area contributed by atoms with Crippen LogP contribution in [0.3, 0.4) is 0 Å². The van der Waals surface area contributed by atoms with E-state index in [9.17, 15) is 0 Å². The van der Waals surface area contributed by atoms with Crippen molar-refractivity contribution >= 4 is 0 Å². The molecule has 2 rings (SSSR count). The standard InChI is InChI=1S/C11H18N2O/c1-13-5-3-4-8-6-9(12)7-10(14-2)11(8)13/h7-8H,3-6,12H2,1-2H3. The molecule has 0 radical (unpaired) electrons. The molecule has 14 heavy (non-hydrogen) atoms. The largest absolute Gasteiger partial charge is 0.495 e. The van der Waals surface area contributed by atoms with E-state index in [4.69, 9.17) is 10.5 Å². The Hall–Kier alpha value is -1.12. The molecule has 0 amide bonds. The summed E-state index contributed by atoms with van der Waals surface area (Å²) in [6.45, 7) is 1.13. The second kappa shape index (κ2) is 3.56. The van der Waals surface area contributed by atoms with Crippen LogP contribution in [0.4, 0.5) is 0 Å². The number of ether oxygens (including phenoxy) is 1. The van der Waals surface area contributed by atoms with E-state index in [1.807, 2.05) is 6.08 Å². The molecule has 1 heterocycles. The monoisotopic (exact) mass is 194 g/mol. The molecular weight excluding hydrogens is 176 g/mol. The van der Waals surface area contributed by atoms with Gasteiger partial charge in [0.15, 0.2) is 0 Å². The molecule has 1 saturated heterocycles. The molecule has 1 unspecified atom stereocenters. The average molecular weight is 194 g/mol. The third-order valence-corrected chi connectivity index (χ3v) is 3.12. The minimum absolute atomic E-state index is 0.577. The van der Waals surface area contributed by atoms with Crippen LogP contribution in [0.25, 0.3) is 0 Å². The van der Waals surface area contributed by atoms with Crippen molar-refractivity contribution in [1.82, 2.24) is 4.90 Å². The molecule has 1 atom stereocenters. The van der Waals surface area contributed by atoms with Gasteiger partial charge in [-0.2, -0.15) is 0 Å². The van der Waals surface area contributed by atoms with Gasteiger partial charge in [0, 0.05) is 31.3 Å². The van der Waals surface area contributed by atoms with Gasteiger partial charge in [0.1, 0.15) is 5.76 Å². The van der Waals surface area contributed by atoms with E-state index in [-0.39, 0.29) is 0 Å². The lowest BCUT2D eigenvalue weighted by molar-refractivity contribution is 0.221. The molecule has 2 N–H and O–H groups in total. The molecular formula is C11H18N2O. The fourth-order valence-electron chi connectivity index (χ4n) is 2.48. The third-order valence-electron chi connectivity index (χ3n) is 3.12. The SMILES string of the molecule is COC1=C2C(CCCN2C)CC(N)=C1. The third kappa shape index (κ3) is 1.47. The van der Waals surface area contributed by atoms with Crippen LogP contribution in [0.1, 0.15) is 19.3 Å². The molecule has 3 nitrogen and oxygen atoms in total. The predicted molar refractivity (Wildman–Crippen MR) is 56.3 cm³/mol. The lowest BCUT2D eigenvalue weighted by atomic mass is 9.86. The van der Waals surface area contributed by atoms with E-state index in [1.54, 1.807) is 7.11 Å². The molecule has 2 aliphatic rings. The Morgan fingerprint density at radius 2 is 2.36 bits per heavy atom. The van der Waals surface area contributed by atoms with Gasteiger partial charge < -0.3 is 15.4 Å². The predicted octanol–water partition coefficient (Wildman–Crippen LogP) is 1.43. The Bertz CT molecular complexity index is 294. The number of methoxy groups -OCH3 is 1. The summed E-state index contributed by atoms with van der Waals surface area (Å²) in [6.07, 6.45) is 5.45. The Labute approximate surface area is 85.2 Å². The maximum absolute atomic E-state index is 5.88. The summed E-state index contributed by atoms with van der Waals surface area (Å²) in [7, 11) is 3.85. The van der Waals surface area contributed by atoms with Gasteiger partial charge >= 0.3 is 0 Å². The second-order valence-electron chi connectivity index (χ2n) is 4.14. The molecule has 0 aromatic carbocycles. The highest BCUT2D eigenvalue weighted by atomic mass is 16.5. The first-order chi connectivity index (χ1) is 6.72. The van der Waals surface area contributed by atoms with Gasteiger partial charge in [0.25, 0.3) is 0 Å². The van der Waals surface area contributed by atoms with Crippen LogP contribution in [0.2, 0.25) is 0 Å². The van der Waals surface area contributed by atoms with Gasteiger partial charge in [-0.25, -0.2) is 0 Å². The quantitative estimate of drug-likeness (QED) is 0.686. The highest BCUT2D eigenvalue weighted by Crippen LogP contribution is 2.36. The number of fused-ring (bicyclic) bond motifs is 1. The fourth-order valence-corrected chi connectivity index (χ4v) is 2.48.